The highest BCUT2D eigenvalue weighted by molar-refractivity contribution is 5.32. The number of aromatic nitrogens is 2. The Morgan fingerprint density at radius 1 is 1.42 bits per heavy atom. The van der Waals surface area contributed by atoms with Crippen LogP contribution < -0.4 is 4.90 Å². The van der Waals surface area contributed by atoms with Crippen molar-refractivity contribution in [3.05, 3.63) is 12.3 Å². The first-order valence-electron chi connectivity index (χ1n) is 4.17. The molecule has 1 saturated heterocycles. The van der Waals surface area contributed by atoms with Gasteiger partial charge in [-0.15, -0.1) is 5.10 Å². The van der Waals surface area contributed by atoms with Crippen LogP contribution in [0.3, 0.4) is 0 Å². The van der Waals surface area contributed by atoms with Gasteiger partial charge >= 0.3 is 6.01 Å². The summed E-state index contributed by atoms with van der Waals surface area (Å²) in [6, 6.07) is 0.654. The molecule has 0 atom stereocenters. The van der Waals surface area contributed by atoms with Crippen LogP contribution in [0, 0.1) is 6.42 Å². The summed E-state index contributed by atoms with van der Waals surface area (Å²) >= 11 is 0. The fraction of sp³-hybridized carbons (Fsp3) is 0.625. The summed E-state index contributed by atoms with van der Waals surface area (Å²) in [6.07, 6.45) is 2.17. The van der Waals surface area contributed by atoms with Gasteiger partial charge in [-0.3, -0.25) is 0 Å². The van der Waals surface area contributed by atoms with Gasteiger partial charge in [-0.25, -0.2) is 0 Å². The number of rotatable bonds is 2. The Hall–Kier alpha value is -1.06. The van der Waals surface area contributed by atoms with Gasteiger partial charge in [-0.05, 0) is 0 Å². The third-order valence-electron chi connectivity index (χ3n) is 1.89. The Labute approximate surface area is 71.6 Å². The fourth-order valence-electron chi connectivity index (χ4n) is 1.00. The van der Waals surface area contributed by atoms with E-state index in [4.69, 9.17) is 4.42 Å². The molecular formula is C8H12N3O. The van der Waals surface area contributed by atoms with Crippen LogP contribution in [-0.4, -0.2) is 23.3 Å². The van der Waals surface area contributed by atoms with E-state index in [1.165, 1.54) is 0 Å². The van der Waals surface area contributed by atoms with E-state index < -0.39 is 0 Å². The predicted molar refractivity (Wildman–Crippen MR) is 44.9 cm³/mol. The molecule has 1 fully saturated rings. The van der Waals surface area contributed by atoms with E-state index in [0.717, 1.165) is 19.0 Å². The maximum absolute atomic E-state index is 5.43. The number of nitrogens with zero attached hydrogens (tertiary/aromatic N) is 3. The Morgan fingerprint density at radius 2 is 2.17 bits per heavy atom. The van der Waals surface area contributed by atoms with Crippen LogP contribution in [0.2, 0.25) is 0 Å². The summed E-state index contributed by atoms with van der Waals surface area (Å²) in [5, 5.41) is 7.90. The molecule has 0 amide bonds. The van der Waals surface area contributed by atoms with Gasteiger partial charge in [0.25, 0.3) is 0 Å². The highest BCUT2D eigenvalue weighted by Gasteiger charge is 2.21. The number of anilines is 1. The van der Waals surface area contributed by atoms with Crippen LogP contribution in [0.25, 0.3) is 0 Å². The highest BCUT2D eigenvalue weighted by atomic mass is 16.4. The van der Waals surface area contributed by atoms with Crippen molar-refractivity contribution >= 4 is 6.01 Å². The van der Waals surface area contributed by atoms with E-state index >= 15 is 0 Å². The lowest BCUT2D eigenvalue weighted by Gasteiger charge is -2.27. The van der Waals surface area contributed by atoms with Crippen molar-refractivity contribution in [2.45, 2.75) is 19.8 Å². The largest absolute Gasteiger partial charge is 0.408 e. The van der Waals surface area contributed by atoms with Crippen LogP contribution >= 0.6 is 0 Å². The van der Waals surface area contributed by atoms with Gasteiger partial charge in [0.15, 0.2) is 0 Å². The Bertz CT molecular complexity index is 265. The fourth-order valence-corrected chi connectivity index (χ4v) is 1.00. The van der Waals surface area contributed by atoms with Crippen molar-refractivity contribution in [2.24, 2.45) is 0 Å². The molecule has 1 radical (unpaired) electrons. The van der Waals surface area contributed by atoms with Crippen LogP contribution in [0.1, 0.15) is 25.7 Å². The molecule has 65 valence electrons. The van der Waals surface area contributed by atoms with Crippen LogP contribution in [0.4, 0.5) is 6.01 Å². The standard InChI is InChI=1S/C8H12N3O/c1-6(2)7-9-10-8(12-7)11-4-3-5-11/h3,6H,4-5H2,1-2H3. The normalized spacial score (nSPS) is 16.8. The zero-order chi connectivity index (χ0) is 8.55. The molecule has 0 bridgehead atoms. The predicted octanol–water partition coefficient (Wildman–Crippen LogP) is 1.22. The minimum Gasteiger partial charge on any atom is -0.408 e. The van der Waals surface area contributed by atoms with Gasteiger partial charge in [-0.2, -0.15) is 0 Å². The molecule has 0 saturated carbocycles. The molecule has 4 nitrogen and oxygen atoms in total. The lowest BCUT2D eigenvalue weighted by molar-refractivity contribution is 0.458. The van der Waals surface area contributed by atoms with Gasteiger partial charge < -0.3 is 9.32 Å². The summed E-state index contributed by atoms with van der Waals surface area (Å²) in [7, 11) is 0. The average molecular weight is 166 g/mol. The Morgan fingerprint density at radius 3 is 2.58 bits per heavy atom. The molecule has 4 heteroatoms. The maximum atomic E-state index is 5.43. The molecule has 1 aromatic heterocycles. The van der Waals surface area contributed by atoms with E-state index in [0.29, 0.717) is 11.9 Å². The lowest BCUT2D eigenvalue weighted by Crippen LogP contribution is -2.38. The smallest absolute Gasteiger partial charge is 0.318 e. The molecule has 0 aliphatic carbocycles. The minimum atomic E-state index is 0.316. The second-order valence-corrected chi connectivity index (χ2v) is 3.27. The molecule has 0 aromatic carbocycles. The summed E-state index contributed by atoms with van der Waals surface area (Å²) in [5.74, 6) is 1.04. The summed E-state index contributed by atoms with van der Waals surface area (Å²) in [5.41, 5.74) is 0. The number of hydrogen-bond acceptors (Lipinski definition) is 4. The molecule has 0 unspecified atom stereocenters. The highest BCUT2D eigenvalue weighted by Crippen LogP contribution is 2.21. The van der Waals surface area contributed by atoms with Crippen molar-refractivity contribution in [2.75, 3.05) is 18.0 Å². The summed E-state index contributed by atoms with van der Waals surface area (Å²) in [6.45, 7) is 5.94. The average Bonchev–Trinajstić information content (AvgIpc) is 2.32. The van der Waals surface area contributed by atoms with Crippen molar-refractivity contribution in [1.29, 1.82) is 0 Å². The first kappa shape index (κ1) is 7.58. The third-order valence-corrected chi connectivity index (χ3v) is 1.89. The lowest BCUT2D eigenvalue weighted by atomic mass is 10.2. The van der Waals surface area contributed by atoms with Gasteiger partial charge in [-0.1, -0.05) is 18.9 Å². The van der Waals surface area contributed by atoms with E-state index in [-0.39, 0.29) is 0 Å². The van der Waals surface area contributed by atoms with Crippen molar-refractivity contribution < 1.29 is 4.42 Å². The summed E-state index contributed by atoms with van der Waals surface area (Å²) in [4.78, 5) is 2.04. The van der Waals surface area contributed by atoms with Crippen molar-refractivity contribution in [3.8, 4) is 0 Å². The second-order valence-electron chi connectivity index (χ2n) is 3.27. The van der Waals surface area contributed by atoms with E-state index in [1.807, 2.05) is 18.7 Å². The molecule has 2 rings (SSSR count). The molecule has 1 aliphatic rings. The molecule has 0 spiro atoms. The van der Waals surface area contributed by atoms with Crippen molar-refractivity contribution in [1.82, 2.24) is 10.2 Å². The van der Waals surface area contributed by atoms with Gasteiger partial charge in [0.1, 0.15) is 0 Å². The first-order chi connectivity index (χ1) is 5.77. The van der Waals surface area contributed by atoms with Crippen LogP contribution in [0.5, 0.6) is 0 Å². The van der Waals surface area contributed by atoms with Gasteiger partial charge in [0.2, 0.25) is 5.89 Å². The SMILES string of the molecule is CC(C)c1nnc(N2C[CH]C2)o1. The third kappa shape index (κ3) is 1.17. The minimum absolute atomic E-state index is 0.316. The van der Waals surface area contributed by atoms with Gasteiger partial charge in [0, 0.05) is 25.4 Å². The summed E-state index contributed by atoms with van der Waals surface area (Å²) < 4.78 is 5.43. The quantitative estimate of drug-likeness (QED) is 0.662. The molecular weight excluding hydrogens is 154 g/mol. The Balaban J connectivity index is 2.12. The zero-order valence-electron chi connectivity index (χ0n) is 7.32. The molecule has 1 aromatic rings. The van der Waals surface area contributed by atoms with Crippen molar-refractivity contribution in [3.63, 3.8) is 0 Å². The molecule has 0 N–H and O–H groups in total. The first-order valence-corrected chi connectivity index (χ1v) is 4.17. The zero-order valence-corrected chi connectivity index (χ0v) is 7.32. The topological polar surface area (TPSA) is 42.2 Å². The Kier molecular flexibility index (Phi) is 1.75. The molecule has 2 heterocycles. The second kappa shape index (κ2) is 2.77. The van der Waals surface area contributed by atoms with E-state index in [1.54, 1.807) is 0 Å². The van der Waals surface area contributed by atoms with Gasteiger partial charge in [0.05, 0.1) is 0 Å². The van der Waals surface area contributed by atoms with Crippen LogP contribution in [0.15, 0.2) is 4.42 Å². The van der Waals surface area contributed by atoms with Crippen LogP contribution in [-0.2, 0) is 0 Å². The monoisotopic (exact) mass is 166 g/mol. The maximum Gasteiger partial charge on any atom is 0.318 e. The number of hydrogen-bond donors (Lipinski definition) is 0. The molecule has 12 heavy (non-hydrogen) atoms. The van der Waals surface area contributed by atoms with E-state index in [9.17, 15) is 0 Å². The van der Waals surface area contributed by atoms with E-state index in [2.05, 4.69) is 16.6 Å². The molecule has 1 aliphatic heterocycles.